The summed E-state index contributed by atoms with van der Waals surface area (Å²) in [5.41, 5.74) is 0. The van der Waals surface area contributed by atoms with Gasteiger partial charge >= 0.3 is 17.9 Å². The molecular formula is C66H106O6. The summed E-state index contributed by atoms with van der Waals surface area (Å²) < 4.78 is 16.7. The summed E-state index contributed by atoms with van der Waals surface area (Å²) in [5, 5.41) is 0. The summed E-state index contributed by atoms with van der Waals surface area (Å²) in [6.45, 7) is 6.39. The molecule has 0 aromatic heterocycles. The van der Waals surface area contributed by atoms with Crippen LogP contribution in [0.4, 0.5) is 0 Å². The molecule has 0 heterocycles. The van der Waals surface area contributed by atoms with E-state index in [0.29, 0.717) is 19.3 Å². The maximum atomic E-state index is 12.8. The second-order valence-electron chi connectivity index (χ2n) is 18.8. The van der Waals surface area contributed by atoms with Crippen LogP contribution in [0.2, 0.25) is 0 Å². The van der Waals surface area contributed by atoms with Gasteiger partial charge in [0.15, 0.2) is 6.10 Å². The van der Waals surface area contributed by atoms with Gasteiger partial charge in [0.05, 0.1) is 0 Å². The molecule has 0 spiro atoms. The van der Waals surface area contributed by atoms with Gasteiger partial charge in [-0.25, -0.2) is 0 Å². The van der Waals surface area contributed by atoms with Crippen LogP contribution >= 0.6 is 0 Å². The maximum absolute atomic E-state index is 12.8. The van der Waals surface area contributed by atoms with E-state index in [1.165, 1.54) is 38.5 Å². The third kappa shape index (κ3) is 56.5. The van der Waals surface area contributed by atoms with Crippen LogP contribution < -0.4 is 0 Å². The number of hydrogen-bond acceptors (Lipinski definition) is 6. The number of carbonyl (C=O) groups excluding carboxylic acids is 3. The fraction of sp³-hybridized carbons (Fsp3) is 0.621. The van der Waals surface area contributed by atoms with Crippen LogP contribution in [0.3, 0.4) is 0 Å². The molecule has 0 fully saturated rings. The van der Waals surface area contributed by atoms with Gasteiger partial charge in [-0.2, -0.15) is 0 Å². The highest BCUT2D eigenvalue weighted by Crippen LogP contribution is 2.13. The first-order valence-corrected chi connectivity index (χ1v) is 29.2. The lowest BCUT2D eigenvalue weighted by atomic mass is 10.1. The quantitative estimate of drug-likeness (QED) is 0.0261. The Morgan fingerprint density at radius 3 is 0.903 bits per heavy atom. The molecule has 0 aromatic carbocycles. The lowest BCUT2D eigenvalue weighted by Gasteiger charge is -2.18. The van der Waals surface area contributed by atoms with E-state index < -0.39 is 6.10 Å². The van der Waals surface area contributed by atoms with E-state index in [2.05, 4.69) is 154 Å². The summed E-state index contributed by atoms with van der Waals surface area (Å²) in [6, 6.07) is 0. The van der Waals surface area contributed by atoms with Gasteiger partial charge in [-0.3, -0.25) is 14.4 Å². The van der Waals surface area contributed by atoms with Gasteiger partial charge < -0.3 is 14.2 Å². The van der Waals surface area contributed by atoms with Gasteiger partial charge in [-0.05, 0) is 116 Å². The zero-order valence-electron chi connectivity index (χ0n) is 46.4. The fourth-order valence-corrected chi connectivity index (χ4v) is 7.53. The topological polar surface area (TPSA) is 78.9 Å². The Morgan fingerprint density at radius 2 is 0.569 bits per heavy atom. The van der Waals surface area contributed by atoms with Crippen LogP contribution in [0.5, 0.6) is 0 Å². The van der Waals surface area contributed by atoms with Crippen molar-refractivity contribution in [3.8, 4) is 0 Å². The molecule has 0 radical (unpaired) electrons. The number of esters is 3. The Hall–Kier alpha value is -4.45. The molecule has 1 unspecified atom stereocenters. The van der Waals surface area contributed by atoms with Gasteiger partial charge in [0, 0.05) is 19.3 Å². The van der Waals surface area contributed by atoms with Crippen molar-refractivity contribution in [1.29, 1.82) is 0 Å². The zero-order chi connectivity index (χ0) is 52.2. The molecule has 406 valence electrons. The summed E-state index contributed by atoms with van der Waals surface area (Å²) in [5.74, 6) is -0.937. The lowest BCUT2D eigenvalue weighted by molar-refractivity contribution is -0.167. The normalized spacial score (nSPS) is 13.1. The van der Waals surface area contributed by atoms with E-state index in [1.54, 1.807) is 0 Å². The number of ether oxygens (including phenoxy) is 3. The maximum Gasteiger partial charge on any atom is 0.306 e. The van der Waals surface area contributed by atoms with E-state index in [-0.39, 0.29) is 31.1 Å². The first-order valence-electron chi connectivity index (χ1n) is 29.2. The standard InChI is InChI=1S/C66H106O6/c1-4-7-10-13-16-19-21-23-24-25-26-27-28-29-30-31-32-33-34-35-36-37-38-39-40-41-42-44-45-47-50-53-56-59-65(68)71-62-63(61-70-64(67)58-55-52-49-18-15-12-9-6-3)72-66(69)60-57-54-51-48-46-43-22-20-17-14-11-8-5-2/h7,10-11,14,16,19-20,22-24,26-27,29-30,32-33,35-36,38-39,41-42,63H,4-6,8-9,12-13,15,17-18,21,25,28,31,34,37,40,43-62H2,1-3H3/b10-7-,14-11-,19-16-,22-20-,24-23-,27-26-,30-29-,33-32-,36-35-,39-38-,42-41-. The van der Waals surface area contributed by atoms with Crippen molar-refractivity contribution in [2.75, 3.05) is 13.2 Å². The molecule has 0 aliphatic rings. The van der Waals surface area contributed by atoms with Crippen molar-refractivity contribution >= 4 is 17.9 Å². The van der Waals surface area contributed by atoms with Crippen LogP contribution in [-0.2, 0) is 28.6 Å². The third-order valence-corrected chi connectivity index (χ3v) is 11.9. The first-order chi connectivity index (χ1) is 35.5. The van der Waals surface area contributed by atoms with Gasteiger partial charge in [-0.1, -0.05) is 244 Å². The number of allylic oxidation sites excluding steroid dienone is 22. The van der Waals surface area contributed by atoms with Crippen LogP contribution in [0.1, 0.15) is 245 Å². The van der Waals surface area contributed by atoms with Crippen LogP contribution in [0.15, 0.2) is 134 Å². The van der Waals surface area contributed by atoms with E-state index in [1.807, 2.05) is 0 Å². The number of carbonyl (C=O) groups is 3. The monoisotopic (exact) mass is 995 g/mol. The molecule has 0 aliphatic carbocycles. The molecule has 0 bridgehead atoms. The summed E-state index contributed by atoms with van der Waals surface area (Å²) in [4.78, 5) is 37.9. The lowest BCUT2D eigenvalue weighted by Crippen LogP contribution is -2.30. The highest BCUT2D eigenvalue weighted by Gasteiger charge is 2.19. The predicted molar refractivity (Wildman–Crippen MR) is 311 cm³/mol. The Balaban J connectivity index is 4.22. The minimum absolute atomic E-state index is 0.0921. The molecule has 0 amide bonds. The van der Waals surface area contributed by atoms with Crippen molar-refractivity contribution in [3.63, 3.8) is 0 Å². The van der Waals surface area contributed by atoms with E-state index in [9.17, 15) is 14.4 Å². The van der Waals surface area contributed by atoms with E-state index in [0.717, 1.165) is 167 Å². The van der Waals surface area contributed by atoms with E-state index in [4.69, 9.17) is 14.2 Å². The zero-order valence-corrected chi connectivity index (χ0v) is 46.4. The van der Waals surface area contributed by atoms with Crippen LogP contribution in [-0.4, -0.2) is 37.2 Å². The molecule has 0 saturated heterocycles. The fourth-order valence-electron chi connectivity index (χ4n) is 7.53. The smallest absolute Gasteiger partial charge is 0.306 e. The molecule has 0 rings (SSSR count). The van der Waals surface area contributed by atoms with E-state index >= 15 is 0 Å². The van der Waals surface area contributed by atoms with Crippen LogP contribution in [0.25, 0.3) is 0 Å². The van der Waals surface area contributed by atoms with Crippen molar-refractivity contribution in [3.05, 3.63) is 134 Å². The van der Waals surface area contributed by atoms with Gasteiger partial charge in [0.2, 0.25) is 0 Å². The molecule has 1 atom stereocenters. The second-order valence-corrected chi connectivity index (χ2v) is 18.8. The molecule has 0 aliphatic heterocycles. The van der Waals surface area contributed by atoms with Crippen molar-refractivity contribution in [2.24, 2.45) is 0 Å². The Morgan fingerprint density at radius 1 is 0.292 bits per heavy atom. The highest BCUT2D eigenvalue weighted by molar-refractivity contribution is 5.71. The first kappa shape index (κ1) is 67.5. The Labute approximate surface area is 443 Å². The van der Waals surface area contributed by atoms with Crippen molar-refractivity contribution in [1.82, 2.24) is 0 Å². The average Bonchev–Trinajstić information content (AvgIpc) is 3.38. The van der Waals surface area contributed by atoms with Crippen molar-refractivity contribution < 1.29 is 28.6 Å². The SMILES string of the molecule is CC/C=C\C/C=C\C/C=C\C/C=C\C/C=C\C/C=C\C/C=C\C/C=C\C/C=C\CCCCCCCC(=O)OCC(COC(=O)CCCCCCCCCC)OC(=O)CCCCCCC/C=C\C/C=C\CCC. The number of hydrogen-bond donors (Lipinski definition) is 0. The molecule has 6 nitrogen and oxygen atoms in total. The summed E-state index contributed by atoms with van der Waals surface area (Å²) >= 11 is 0. The van der Waals surface area contributed by atoms with Gasteiger partial charge in [0.1, 0.15) is 13.2 Å². The van der Waals surface area contributed by atoms with Crippen LogP contribution in [0, 0.1) is 0 Å². The summed E-state index contributed by atoms with van der Waals surface area (Å²) in [6.07, 6.45) is 83.2. The second kappa shape index (κ2) is 59.1. The minimum Gasteiger partial charge on any atom is -0.462 e. The molecule has 0 N–H and O–H groups in total. The number of unbranched alkanes of at least 4 members (excludes halogenated alkanes) is 18. The Bertz CT molecular complexity index is 1560. The van der Waals surface area contributed by atoms with Gasteiger partial charge in [-0.15, -0.1) is 0 Å². The largest absolute Gasteiger partial charge is 0.462 e. The molecule has 72 heavy (non-hydrogen) atoms. The van der Waals surface area contributed by atoms with Gasteiger partial charge in [0.25, 0.3) is 0 Å². The van der Waals surface area contributed by atoms with Crippen molar-refractivity contribution in [2.45, 2.75) is 252 Å². The molecular weight excluding hydrogens is 889 g/mol. The minimum atomic E-state index is -0.794. The molecule has 6 heteroatoms. The summed E-state index contributed by atoms with van der Waals surface area (Å²) in [7, 11) is 0. The average molecular weight is 996 g/mol. The molecule has 0 aromatic rings. The Kier molecular flexibility index (Phi) is 55.5. The number of rotatable bonds is 51. The third-order valence-electron chi connectivity index (χ3n) is 11.9. The molecule has 0 saturated carbocycles. The predicted octanol–water partition coefficient (Wildman–Crippen LogP) is 19.8. The highest BCUT2D eigenvalue weighted by atomic mass is 16.6.